The van der Waals surface area contributed by atoms with Gasteiger partial charge in [0.15, 0.2) is 0 Å². The van der Waals surface area contributed by atoms with Crippen molar-refractivity contribution in [3.63, 3.8) is 0 Å². The highest BCUT2D eigenvalue weighted by molar-refractivity contribution is 5.17. The lowest BCUT2D eigenvalue weighted by molar-refractivity contribution is 0.427. The van der Waals surface area contributed by atoms with Crippen LogP contribution in [0.4, 0.5) is 4.39 Å². The molecule has 19 heavy (non-hydrogen) atoms. The lowest BCUT2D eigenvalue weighted by atomic mass is 10.1. The molecule has 0 aliphatic carbocycles. The number of nitrogens with zero attached hydrogens (tertiary/aromatic N) is 1. The van der Waals surface area contributed by atoms with E-state index in [4.69, 9.17) is 4.42 Å². The summed E-state index contributed by atoms with van der Waals surface area (Å²) in [6, 6.07) is 6.92. The van der Waals surface area contributed by atoms with Crippen molar-refractivity contribution in [3.05, 3.63) is 53.0 Å². The van der Waals surface area contributed by atoms with Crippen LogP contribution in [0.2, 0.25) is 0 Å². The highest BCUT2D eigenvalue weighted by atomic mass is 19.1. The molecular weight excluding hydrogens is 243 g/mol. The van der Waals surface area contributed by atoms with Gasteiger partial charge in [0.2, 0.25) is 5.89 Å². The first-order chi connectivity index (χ1) is 9.04. The summed E-state index contributed by atoms with van der Waals surface area (Å²) in [6.07, 6.45) is 0.774. The highest BCUT2D eigenvalue weighted by Crippen LogP contribution is 2.09. The van der Waals surface area contributed by atoms with Crippen LogP contribution in [0.15, 0.2) is 28.7 Å². The number of hydrogen-bond donors (Lipinski definition) is 1. The van der Waals surface area contributed by atoms with Gasteiger partial charge in [-0.2, -0.15) is 0 Å². The van der Waals surface area contributed by atoms with Crippen molar-refractivity contribution in [2.45, 2.75) is 39.8 Å². The predicted molar refractivity (Wildman–Crippen MR) is 72.4 cm³/mol. The minimum absolute atomic E-state index is 0.191. The minimum atomic E-state index is -0.191. The summed E-state index contributed by atoms with van der Waals surface area (Å²) in [5, 5.41) is 3.33. The van der Waals surface area contributed by atoms with Crippen LogP contribution < -0.4 is 5.32 Å². The number of rotatable bonds is 5. The van der Waals surface area contributed by atoms with Crippen molar-refractivity contribution in [2.24, 2.45) is 0 Å². The number of hydrogen-bond acceptors (Lipinski definition) is 3. The molecule has 1 heterocycles. The van der Waals surface area contributed by atoms with E-state index in [1.165, 1.54) is 6.07 Å². The molecule has 0 spiro atoms. The molecule has 0 saturated carbocycles. The number of nitrogens with one attached hydrogen (secondary N) is 1. The van der Waals surface area contributed by atoms with Gasteiger partial charge in [0.05, 0.1) is 12.2 Å². The molecule has 2 aromatic rings. The van der Waals surface area contributed by atoms with Gasteiger partial charge in [0.25, 0.3) is 0 Å². The van der Waals surface area contributed by atoms with Crippen LogP contribution in [0.3, 0.4) is 0 Å². The van der Waals surface area contributed by atoms with Crippen molar-refractivity contribution in [1.29, 1.82) is 0 Å². The lowest BCUT2D eigenvalue weighted by Crippen LogP contribution is -2.27. The lowest BCUT2D eigenvalue weighted by Gasteiger charge is -2.12. The van der Waals surface area contributed by atoms with Crippen molar-refractivity contribution >= 4 is 0 Å². The SMILES string of the molecule is Cc1nc(CNC(C)Cc2cccc(F)c2)oc1C. The van der Waals surface area contributed by atoms with E-state index in [1.54, 1.807) is 12.1 Å². The van der Waals surface area contributed by atoms with Gasteiger partial charge >= 0.3 is 0 Å². The third kappa shape index (κ3) is 3.89. The molecule has 0 aliphatic heterocycles. The zero-order valence-corrected chi connectivity index (χ0v) is 11.5. The molecule has 0 aliphatic rings. The van der Waals surface area contributed by atoms with E-state index in [1.807, 2.05) is 19.9 Å². The smallest absolute Gasteiger partial charge is 0.208 e. The topological polar surface area (TPSA) is 38.1 Å². The van der Waals surface area contributed by atoms with Gasteiger partial charge in [0, 0.05) is 6.04 Å². The van der Waals surface area contributed by atoms with Crippen LogP contribution in [-0.2, 0) is 13.0 Å². The fraction of sp³-hybridized carbons (Fsp3) is 0.400. The molecule has 4 heteroatoms. The number of oxazole rings is 1. The minimum Gasteiger partial charge on any atom is -0.444 e. The van der Waals surface area contributed by atoms with E-state index in [2.05, 4.69) is 17.2 Å². The number of aryl methyl sites for hydroxylation is 2. The van der Waals surface area contributed by atoms with Gasteiger partial charge in [-0.3, -0.25) is 0 Å². The number of aromatic nitrogens is 1. The summed E-state index contributed by atoms with van der Waals surface area (Å²) < 4.78 is 18.6. The van der Waals surface area contributed by atoms with Gasteiger partial charge in [-0.05, 0) is 44.9 Å². The summed E-state index contributed by atoms with van der Waals surface area (Å²) >= 11 is 0. The maximum absolute atomic E-state index is 13.1. The summed E-state index contributed by atoms with van der Waals surface area (Å²) in [7, 11) is 0. The van der Waals surface area contributed by atoms with E-state index < -0.39 is 0 Å². The Hall–Kier alpha value is -1.68. The maximum Gasteiger partial charge on any atom is 0.208 e. The molecule has 2 rings (SSSR count). The Morgan fingerprint density at radius 1 is 1.37 bits per heavy atom. The van der Waals surface area contributed by atoms with Gasteiger partial charge in [-0.25, -0.2) is 9.37 Å². The molecule has 0 bridgehead atoms. The number of halogens is 1. The average molecular weight is 262 g/mol. The third-order valence-corrected chi connectivity index (χ3v) is 3.11. The standard InChI is InChI=1S/C15H19FN2O/c1-10(7-13-5-4-6-14(16)8-13)17-9-15-18-11(2)12(3)19-15/h4-6,8,10,17H,7,9H2,1-3H3. The first-order valence-corrected chi connectivity index (χ1v) is 6.45. The highest BCUT2D eigenvalue weighted by Gasteiger charge is 2.08. The van der Waals surface area contributed by atoms with E-state index in [0.29, 0.717) is 12.4 Å². The normalized spacial score (nSPS) is 12.6. The average Bonchev–Trinajstić information content (AvgIpc) is 2.66. The maximum atomic E-state index is 13.1. The zero-order chi connectivity index (χ0) is 13.8. The van der Waals surface area contributed by atoms with Crippen LogP contribution in [0.25, 0.3) is 0 Å². The van der Waals surface area contributed by atoms with Crippen LogP contribution >= 0.6 is 0 Å². The van der Waals surface area contributed by atoms with Crippen LogP contribution in [0, 0.1) is 19.7 Å². The summed E-state index contributed by atoms with van der Waals surface area (Å²) in [4.78, 5) is 4.31. The first kappa shape index (κ1) is 13.7. The summed E-state index contributed by atoms with van der Waals surface area (Å²) in [5.74, 6) is 1.36. The fourth-order valence-corrected chi connectivity index (χ4v) is 1.97. The molecule has 3 nitrogen and oxygen atoms in total. The molecule has 1 aromatic heterocycles. The molecule has 0 fully saturated rings. The first-order valence-electron chi connectivity index (χ1n) is 6.45. The summed E-state index contributed by atoms with van der Waals surface area (Å²) in [6.45, 7) is 6.49. The van der Waals surface area contributed by atoms with E-state index >= 15 is 0 Å². The Morgan fingerprint density at radius 3 is 2.79 bits per heavy atom. The van der Waals surface area contributed by atoms with Crippen molar-refractivity contribution in [1.82, 2.24) is 10.3 Å². The van der Waals surface area contributed by atoms with E-state index in [9.17, 15) is 4.39 Å². The van der Waals surface area contributed by atoms with Crippen LogP contribution in [-0.4, -0.2) is 11.0 Å². The molecule has 0 amide bonds. The third-order valence-electron chi connectivity index (χ3n) is 3.11. The van der Waals surface area contributed by atoms with Gasteiger partial charge < -0.3 is 9.73 Å². The predicted octanol–water partition coefficient (Wildman–Crippen LogP) is 3.15. The van der Waals surface area contributed by atoms with Gasteiger partial charge in [0.1, 0.15) is 11.6 Å². The second kappa shape index (κ2) is 5.97. The second-order valence-electron chi connectivity index (χ2n) is 4.87. The molecule has 1 N–H and O–H groups in total. The van der Waals surface area contributed by atoms with Crippen molar-refractivity contribution in [2.75, 3.05) is 0 Å². The Kier molecular flexibility index (Phi) is 4.32. The van der Waals surface area contributed by atoms with Gasteiger partial charge in [-0.15, -0.1) is 0 Å². The largest absolute Gasteiger partial charge is 0.444 e. The fourth-order valence-electron chi connectivity index (χ4n) is 1.97. The Labute approximate surface area is 112 Å². The van der Waals surface area contributed by atoms with Crippen LogP contribution in [0.5, 0.6) is 0 Å². The quantitative estimate of drug-likeness (QED) is 0.899. The Balaban J connectivity index is 1.86. The van der Waals surface area contributed by atoms with E-state index in [-0.39, 0.29) is 11.9 Å². The molecule has 102 valence electrons. The molecule has 1 atom stereocenters. The monoisotopic (exact) mass is 262 g/mol. The molecule has 0 saturated heterocycles. The van der Waals surface area contributed by atoms with E-state index in [0.717, 1.165) is 23.4 Å². The Bertz CT molecular complexity index is 531. The molecular formula is C15H19FN2O. The zero-order valence-electron chi connectivity index (χ0n) is 11.5. The molecule has 1 aromatic carbocycles. The molecule has 0 radical (unpaired) electrons. The molecule has 1 unspecified atom stereocenters. The van der Waals surface area contributed by atoms with Gasteiger partial charge in [-0.1, -0.05) is 12.1 Å². The van der Waals surface area contributed by atoms with Crippen molar-refractivity contribution in [3.8, 4) is 0 Å². The van der Waals surface area contributed by atoms with Crippen molar-refractivity contribution < 1.29 is 8.81 Å². The summed E-state index contributed by atoms with van der Waals surface area (Å²) in [5.41, 5.74) is 1.91. The Morgan fingerprint density at radius 2 is 2.16 bits per heavy atom. The number of benzene rings is 1. The van der Waals surface area contributed by atoms with Crippen LogP contribution in [0.1, 0.15) is 29.8 Å². The second-order valence-corrected chi connectivity index (χ2v) is 4.87.